The van der Waals surface area contributed by atoms with Gasteiger partial charge in [-0.25, -0.2) is 9.37 Å². The van der Waals surface area contributed by atoms with Crippen LogP contribution in [0.4, 0.5) is 4.39 Å². The van der Waals surface area contributed by atoms with Crippen molar-refractivity contribution in [3.05, 3.63) is 29.8 Å². The summed E-state index contributed by atoms with van der Waals surface area (Å²) < 4.78 is 15.3. The largest absolute Gasteiger partial charge is 0.327 e. The normalized spacial score (nSPS) is 12.3. The zero-order valence-electron chi connectivity index (χ0n) is 11.0. The number of hydrogen-bond acceptors (Lipinski definition) is 1. The van der Waals surface area contributed by atoms with Gasteiger partial charge in [-0.1, -0.05) is 20.8 Å². The fourth-order valence-corrected chi connectivity index (χ4v) is 2.16. The lowest BCUT2D eigenvalue weighted by Crippen LogP contribution is -2.11. The Morgan fingerprint density at radius 2 is 2.06 bits per heavy atom. The quantitative estimate of drug-likeness (QED) is 0.757. The van der Waals surface area contributed by atoms with Crippen molar-refractivity contribution in [3.8, 4) is 0 Å². The molecule has 4 heteroatoms. The summed E-state index contributed by atoms with van der Waals surface area (Å²) in [5, 5.41) is 0. The summed E-state index contributed by atoms with van der Waals surface area (Å²) >= 11 is 5.92. The van der Waals surface area contributed by atoms with Gasteiger partial charge in [0, 0.05) is 12.6 Å². The minimum Gasteiger partial charge on any atom is -0.327 e. The van der Waals surface area contributed by atoms with Crippen molar-refractivity contribution in [2.45, 2.75) is 39.6 Å². The van der Waals surface area contributed by atoms with Gasteiger partial charge in [-0.15, -0.1) is 11.6 Å². The summed E-state index contributed by atoms with van der Waals surface area (Å²) in [6, 6.07) is 4.70. The van der Waals surface area contributed by atoms with Gasteiger partial charge >= 0.3 is 0 Å². The number of aromatic nitrogens is 2. The van der Waals surface area contributed by atoms with Crippen molar-refractivity contribution in [1.29, 1.82) is 0 Å². The number of halogens is 2. The lowest BCUT2D eigenvalue weighted by Gasteiger charge is -2.19. The number of alkyl halides is 1. The molecule has 0 aliphatic carbocycles. The highest BCUT2D eigenvalue weighted by Gasteiger charge is 2.14. The van der Waals surface area contributed by atoms with Crippen LogP contribution in [0, 0.1) is 11.2 Å². The summed E-state index contributed by atoms with van der Waals surface area (Å²) in [7, 11) is 0. The van der Waals surface area contributed by atoms with Crippen molar-refractivity contribution in [2.24, 2.45) is 5.41 Å². The molecule has 1 aromatic heterocycles. The zero-order chi connectivity index (χ0) is 13.3. The third-order valence-electron chi connectivity index (χ3n) is 2.99. The molecule has 2 aromatic rings. The maximum absolute atomic E-state index is 13.2. The Morgan fingerprint density at radius 3 is 2.67 bits per heavy atom. The number of hydrogen-bond donors (Lipinski definition) is 0. The molecule has 0 aliphatic rings. The van der Waals surface area contributed by atoms with Crippen LogP contribution in [0.2, 0.25) is 0 Å². The summed E-state index contributed by atoms with van der Waals surface area (Å²) in [4.78, 5) is 4.38. The first-order valence-corrected chi connectivity index (χ1v) is 6.65. The summed E-state index contributed by atoms with van der Waals surface area (Å²) in [6.45, 7) is 7.46. The van der Waals surface area contributed by atoms with Crippen molar-refractivity contribution in [2.75, 3.05) is 0 Å². The molecule has 0 unspecified atom stereocenters. The van der Waals surface area contributed by atoms with E-state index < -0.39 is 0 Å². The summed E-state index contributed by atoms with van der Waals surface area (Å²) in [5.74, 6) is 0.895. The molecule has 0 atom stereocenters. The zero-order valence-corrected chi connectivity index (χ0v) is 11.8. The number of fused-ring (bicyclic) bond motifs is 1. The van der Waals surface area contributed by atoms with Gasteiger partial charge in [-0.3, -0.25) is 0 Å². The fraction of sp³-hybridized carbons (Fsp3) is 0.500. The average molecular weight is 269 g/mol. The van der Waals surface area contributed by atoms with Crippen LogP contribution < -0.4 is 0 Å². The highest BCUT2D eigenvalue weighted by Crippen LogP contribution is 2.24. The molecular weight excluding hydrogens is 251 g/mol. The number of rotatable bonds is 3. The maximum Gasteiger partial charge on any atom is 0.125 e. The Bertz CT molecular complexity index is 555. The molecule has 0 spiro atoms. The van der Waals surface area contributed by atoms with Gasteiger partial charge in [-0.2, -0.15) is 0 Å². The average Bonchev–Trinajstić information content (AvgIpc) is 2.62. The van der Waals surface area contributed by atoms with Crippen LogP contribution in [0.3, 0.4) is 0 Å². The van der Waals surface area contributed by atoms with Crippen molar-refractivity contribution < 1.29 is 4.39 Å². The smallest absolute Gasteiger partial charge is 0.125 e. The monoisotopic (exact) mass is 268 g/mol. The van der Waals surface area contributed by atoms with Gasteiger partial charge in [0.25, 0.3) is 0 Å². The molecule has 0 N–H and O–H groups in total. The molecule has 0 bridgehead atoms. The number of aryl methyl sites for hydroxylation is 1. The van der Waals surface area contributed by atoms with Crippen molar-refractivity contribution in [1.82, 2.24) is 9.55 Å². The standard InChI is InChI=1S/C14H18ClFN2/c1-14(2,3)6-7-18-12-5-4-10(16)8-11(12)17-13(18)9-15/h4-5,8H,6-7,9H2,1-3H3. The Morgan fingerprint density at radius 1 is 1.33 bits per heavy atom. The molecule has 0 saturated heterocycles. The molecule has 0 amide bonds. The van der Waals surface area contributed by atoms with E-state index in [4.69, 9.17) is 11.6 Å². The molecule has 18 heavy (non-hydrogen) atoms. The topological polar surface area (TPSA) is 17.8 Å². The molecule has 2 rings (SSSR count). The molecule has 0 radical (unpaired) electrons. The van der Waals surface area contributed by atoms with E-state index >= 15 is 0 Å². The number of benzene rings is 1. The second kappa shape index (κ2) is 4.88. The van der Waals surface area contributed by atoms with E-state index in [-0.39, 0.29) is 11.2 Å². The Hall–Kier alpha value is -1.09. The van der Waals surface area contributed by atoms with Gasteiger partial charge in [0.15, 0.2) is 0 Å². The lowest BCUT2D eigenvalue weighted by molar-refractivity contribution is 0.351. The van der Waals surface area contributed by atoms with Crippen LogP contribution in [-0.2, 0) is 12.4 Å². The Balaban J connectivity index is 2.41. The van der Waals surface area contributed by atoms with Crippen LogP contribution in [0.15, 0.2) is 18.2 Å². The van der Waals surface area contributed by atoms with Crippen molar-refractivity contribution >= 4 is 22.6 Å². The van der Waals surface area contributed by atoms with Crippen LogP contribution in [0.25, 0.3) is 11.0 Å². The van der Waals surface area contributed by atoms with Gasteiger partial charge in [0.05, 0.1) is 16.9 Å². The molecule has 0 aliphatic heterocycles. The fourth-order valence-electron chi connectivity index (χ4n) is 1.95. The van der Waals surface area contributed by atoms with E-state index in [0.717, 1.165) is 24.3 Å². The van der Waals surface area contributed by atoms with E-state index in [1.165, 1.54) is 12.1 Å². The second-order valence-electron chi connectivity index (χ2n) is 5.76. The number of nitrogens with zero attached hydrogens (tertiary/aromatic N) is 2. The second-order valence-corrected chi connectivity index (χ2v) is 6.02. The third-order valence-corrected chi connectivity index (χ3v) is 3.23. The first kappa shape index (κ1) is 13.3. The van der Waals surface area contributed by atoms with Gasteiger partial charge in [0.1, 0.15) is 11.6 Å². The van der Waals surface area contributed by atoms with E-state index in [0.29, 0.717) is 11.4 Å². The molecular formula is C14H18ClFN2. The van der Waals surface area contributed by atoms with E-state index in [9.17, 15) is 4.39 Å². The molecule has 1 aromatic carbocycles. The minimum absolute atomic E-state index is 0.250. The third kappa shape index (κ3) is 2.83. The Kier molecular flexibility index (Phi) is 3.62. The number of imidazole rings is 1. The predicted octanol–water partition coefficient (Wildman–Crippen LogP) is 4.35. The highest BCUT2D eigenvalue weighted by molar-refractivity contribution is 6.16. The molecule has 1 heterocycles. The first-order valence-electron chi connectivity index (χ1n) is 6.11. The molecule has 98 valence electrons. The van der Waals surface area contributed by atoms with E-state index in [1.807, 2.05) is 0 Å². The van der Waals surface area contributed by atoms with Crippen LogP contribution >= 0.6 is 11.6 Å². The van der Waals surface area contributed by atoms with Crippen molar-refractivity contribution in [3.63, 3.8) is 0 Å². The molecule has 0 fully saturated rings. The summed E-state index contributed by atoms with van der Waals surface area (Å²) in [6.07, 6.45) is 1.03. The Labute approximate surface area is 112 Å². The van der Waals surface area contributed by atoms with Crippen LogP contribution in [-0.4, -0.2) is 9.55 Å². The molecule has 2 nitrogen and oxygen atoms in total. The van der Waals surface area contributed by atoms with Gasteiger partial charge in [0.2, 0.25) is 0 Å². The minimum atomic E-state index is -0.260. The predicted molar refractivity (Wildman–Crippen MR) is 73.3 cm³/mol. The summed E-state index contributed by atoms with van der Waals surface area (Å²) in [5.41, 5.74) is 1.89. The lowest BCUT2D eigenvalue weighted by atomic mass is 9.92. The highest BCUT2D eigenvalue weighted by atomic mass is 35.5. The SMILES string of the molecule is CC(C)(C)CCn1c(CCl)nc2cc(F)ccc21. The van der Waals surface area contributed by atoms with E-state index in [2.05, 4.69) is 30.3 Å². The first-order chi connectivity index (χ1) is 8.40. The van der Waals surface area contributed by atoms with E-state index in [1.54, 1.807) is 6.07 Å². The van der Waals surface area contributed by atoms with Crippen LogP contribution in [0.1, 0.15) is 33.0 Å². The van der Waals surface area contributed by atoms with Gasteiger partial charge < -0.3 is 4.57 Å². The van der Waals surface area contributed by atoms with Gasteiger partial charge in [-0.05, 0) is 24.0 Å². The maximum atomic E-state index is 13.2. The van der Waals surface area contributed by atoms with Crippen LogP contribution in [0.5, 0.6) is 0 Å². The molecule has 0 saturated carbocycles.